The molecule has 0 fully saturated rings. The van der Waals surface area contributed by atoms with Crippen molar-refractivity contribution in [3.05, 3.63) is 88.5 Å². The highest BCUT2D eigenvalue weighted by molar-refractivity contribution is 5.91. The summed E-state index contributed by atoms with van der Waals surface area (Å²) in [7, 11) is 0. The molecule has 0 aliphatic rings. The highest BCUT2D eigenvalue weighted by atomic mass is 19.1. The van der Waals surface area contributed by atoms with Gasteiger partial charge < -0.3 is 15.0 Å². The molecule has 0 aliphatic carbocycles. The van der Waals surface area contributed by atoms with E-state index in [4.69, 9.17) is 0 Å². The maximum atomic E-state index is 13.3. The van der Waals surface area contributed by atoms with Crippen LogP contribution in [0.15, 0.2) is 54.6 Å². The number of aromatic carboxylic acids is 1. The van der Waals surface area contributed by atoms with Crippen LogP contribution in [0.4, 0.5) is 4.39 Å². The van der Waals surface area contributed by atoms with Gasteiger partial charge in [0.15, 0.2) is 0 Å². The maximum Gasteiger partial charge on any atom is 0.337 e. The highest BCUT2D eigenvalue weighted by Crippen LogP contribution is 2.26. The quantitative estimate of drug-likeness (QED) is 0.698. The van der Waals surface area contributed by atoms with Gasteiger partial charge in [0.2, 0.25) is 0 Å². The number of hydrogen-bond acceptors (Lipinski definition) is 2. The fourth-order valence-electron chi connectivity index (χ4n) is 3.34. The summed E-state index contributed by atoms with van der Waals surface area (Å²) in [4.78, 5) is 11.8. The number of benzene rings is 2. The largest absolute Gasteiger partial charge is 0.478 e. The summed E-state index contributed by atoms with van der Waals surface area (Å²) in [6.45, 7) is 4.60. The number of nitrogens with zero attached hydrogens (tertiary/aromatic N) is 1. The van der Waals surface area contributed by atoms with Crippen LogP contribution in [0.25, 0.3) is 5.69 Å². The van der Waals surface area contributed by atoms with Crippen LogP contribution in [-0.4, -0.2) is 15.6 Å². The van der Waals surface area contributed by atoms with Crippen LogP contribution in [0.2, 0.25) is 0 Å². The van der Waals surface area contributed by atoms with E-state index >= 15 is 0 Å². The zero-order chi connectivity index (χ0) is 18.7. The van der Waals surface area contributed by atoms with Crippen molar-refractivity contribution in [1.29, 1.82) is 0 Å². The number of hydrogen-bond donors (Lipinski definition) is 2. The average molecular weight is 352 g/mol. The number of carbonyl (C=O) groups is 1. The number of para-hydroxylation sites is 1. The van der Waals surface area contributed by atoms with Gasteiger partial charge in [0.1, 0.15) is 5.82 Å². The molecule has 2 N–H and O–H groups in total. The van der Waals surface area contributed by atoms with E-state index in [9.17, 15) is 14.3 Å². The second kappa shape index (κ2) is 7.54. The lowest BCUT2D eigenvalue weighted by atomic mass is 10.1. The predicted molar refractivity (Wildman–Crippen MR) is 99.1 cm³/mol. The monoisotopic (exact) mass is 352 g/mol. The fourth-order valence-corrected chi connectivity index (χ4v) is 3.34. The molecule has 1 aromatic heterocycles. The molecule has 0 amide bonds. The van der Waals surface area contributed by atoms with Crippen molar-refractivity contribution in [1.82, 2.24) is 9.88 Å². The predicted octanol–water partition coefficient (Wildman–Crippen LogP) is 4.22. The third-order valence-corrected chi connectivity index (χ3v) is 4.52. The van der Waals surface area contributed by atoms with Crippen LogP contribution in [0.1, 0.15) is 32.9 Å². The van der Waals surface area contributed by atoms with Gasteiger partial charge in [-0.3, -0.25) is 0 Å². The Bertz CT molecular complexity index is 933. The van der Waals surface area contributed by atoms with Gasteiger partial charge in [-0.25, -0.2) is 9.18 Å². The molecule has 134 valence electrons. The average Bonchev–Trinajstić information content (AvgIpc) is 2.86. The van der Waals surface area contributed by atoms with E-state index in [1.54, 1.807) is 6.07 Å². The summed E-state index contributed by atoms with van der Waals surface area (Å²) in [5, 5.41) is 12.9. The van der Waals surface area contributed by atoms with Crippen molar-refractivity contribution in [2.24, 2.45) is 0 Å². The standard InChI is InChI=1S/C21H21FN2O2/c1-14-19(13-23-12-16-7-6-8-17(22)11-16)20(21(25)26)15(2)24(14)18-9-4-3-5-10-18/h3-11,23H,12-13H2,1-2H3,(H,25,26). The SMILES string of the molecule is Cc1c(CNCc2cccc(F)c2)c(C(=O)O)c(C)n1-c1ccccc1. The van der Waals surface area contributed by atoms with Crippen molar-refractivity contribution < 1.29 is 14.3 Å². The summed E-state index contributed by atoms with van der Waals surface area (Å²) in [5.41, 5.74) is 4.40. The maximum absolute atomic E-state index is 13.3. The van der Waals surface area contributed by atoms with Gasteiger partial charge in [-0.1, -0.05) is 30.3 Å². The molecule has 0 spiro atoms. The zero-order valence-electron chi connectivity index (χ0n) is 14.8. The van der Waals surface area contributed by atoms with E-state index in [0.29, 0.717) is 24.3 Å². The number of carboxylic acid groups (broad SMARTS) is 1. The molecular weight excluding hydrogens is 331 g/mol. The third-order valence-electron chi connectivity index (χ3n) is 4.52. The van der Waals surface area contributed by atoms with Crippen LogP contribution < -0.4 is 5.32 Å². The molecule has 3 rings (SSSR count). The van der Waals surface area contributed by atoms with Gasteiger partial charge in [-0.05, 0) is 43.7 Å². The number of rotatable bonds is 6. The smallest absolute Gasteiger partial charge is 0.337 e. The normalized spacial score (nSPS) is 10.9. The molecule has 0 aliphatic heterocycles. The lowest BCUT2D eigenvalue weighted by molar-refractivity contribution is 0.0695. The Morgan fingerprint density at radius 1 is 1.04 bits per heavy atom. The number of halogens is 1. The molecule has 5 heteroatoms. The van der Waals surface area contributed by atoms with Crippen molar-refractivity contribution in [3.63, 3.8) is 0 Å². The van der Waals surface area contributed by atoms with Crippen LogP contribution in [-0.2, 0) is 13.1 Å². The van der Waals surface area contributed by atoms with Gasteiger partial charge in [0.25, 0.3) is 0 Å². The summed E-state index contributed by atoms with van der Waals surface area (Å²) in [6, 6.07) is 16.1. The van der Waals surface area contributed by atoms with E-state index in [0.717, 1.165) is 22.5 Å². The molecular formula is C21H21FN2O2. The Labute approximate surface area is 151 Å². The second-order valence-electron chi connectivity index (χ2n) is 6.23. The summed E-state index contributed by atoms with van der Waals surface area (Å²) in [5.74, 6) is -1.22. The molecule has 0 radical (unpaired) electrons. The van der Waals surface area contributed by atoms with Crippen molar-refractivity contribution in [2.75, 3.05) is 0 Å². The molecule has 4 nitrogen and oxygen atoms in total. The molecule has 1 heterocycles. The Balaban J connectivity index is 1.90. The second-order valence-corrected chi connectivity index (χ2v) is 6.23. The Morgan fingerprint density at radius 2 is 1.77 bits per heavy atom. The highest BCUT2D eigenvalue weighted by Gasteiger charge is 2.22. The molecule has 3 aromatic rings. The van der Waals surface area contributed by atoms with Crippen LogP contribution in [0.5, 0.6) is 0 Å². The van der Waals surface area contributed by atoms with Gasteiger partial charge >= 0.3 is 5.97 Å². The number of aromatic nitrogens is 1. The summed E-state index contributed by atoms with van der Waals surface area (Å²) in [6.07, 6.45) is 0. The lowest BCUT2D eigenvalue weighted by Crippen LogP contribution is -2.15. The topological polar surface area (TPSA) is 54.3 Å². The van der Waals surface area contributed by atoms with E-state index in [-0.39, 0.29) is 5.82 Å². The van der Waals surface area contributed by atoms with Crippen molar-refractivity contribution >= 4 is 5.97 Å². The number of nitrogens with one attached hydrogen (secondary N) is 1. The Hall–Kier alpha value is -2.92. The first kappa shape index (κ1) is 17.9. The van der Waals surface area contributed by atoms with Crippen molar-refractivity contribution in [3.8, 4) is 5.69 Å². The van der Waals surface area contributed by atoms with E-state index in [1.165, 1.54) is 12.1 Å². The molecule has 0 unspecified atom stereocenters. The molecule has 0 saturated carbocycles. The van der Waals surface area contributed by atoms with Crippen LogP contribution >= 0.6 is 0 Å². The summed E-state index contributed by atoms with van der Waals surface area (Å²) < 4.78 is 15.2. The lowest BCUT2D eigenvalue weighted by Gasteiger charge is -2.10. The van der Waals surface area contributed by atoms with E-state index in [1.807, 2.05) is 54.8 Å². The molecule has 0 saturated heterocycles. The Kier molecular flexibility index (Phi) is 5.19. The van der Waals surface area contributed by atoms with Crippen LogP contribution in [0, 0.1) is 19.7 Å². The molecule has 0 atom stereocenters. The van der Waals surface area contributed by atoms with Gasteiger partial charge in [0, 0.05) is 35.7 Å². The van der Waals surface area contributed by atoms with E-state index < -0.39 is 5.97 Å². The minimum absolute atomic E-state index is 0.280. The first-order chi connectivity index (χ1) is 12.5. The molecule has 26 heavy (non-hydrogen) atoms. The van der Waals surface area contributed by atoms with E-state index in [2.05, 4.69) is 5.32 Å². The fraction of sp³-hybridized carbons (Fsp3) is 0.190. The van der Waals surface area contributed by atoms with Gasteiger partial charge in [-0.2, -0.15) is 0 Å². The first-order valence-electron chi connectivity index (χ1n) is 8.43. The number of carboxylic acids is 1. The Morgan fingerprint density at radius 3 is 2.42 bits per heavy atom. The minimum atomic E-state index is -0.942. The molecule has 2 aromatic carbocycles. The third kappa shape index (κ3) is 3.53. The van der Waals surface area contributed by atoms with Crippen molar-refractivity contribution in [2.45, 2.75) is 26.9 Å². The zero-order valence-corrected chi connectivity index (χ0v) is 14.8. The van der Waals surface area contributed by atoms with Crippen LogP contribution in [0.3, 0.4) is 0 Å². The van der Waals surface area contributed by atoms with Gasteiger partial charge in [-0.15, -0.1) is 0 Å². The summed E-state index contributed by atoms with van der Waals surface area (Å²) >= 11 is 0. The molecule has 0 bridgehead atoms. The minimum Gasteiger partial charge on any atom is -0.478 e. The van der Waals surface area contributed by atoms with Gasteiger partial charge in [0.05, 0.1) is 5.56 Å². The first-order valence-corrected chi connectivity index (χ1v) is 8.43.